The van der Waals surface area contributed by atoms with E-state index in [0.29, 0.717) is 34.7 Å². The molecule has 0 unspecified atom stereocenters. The molecule has 0 aliphatic rings. The van der Waals surface area contributed by atoms with Crippen LogP contribution in [0, 0.1) is 5.82 Å². The first-order chi connectivity index (χ1) is 15.3. The van der Waals surface area contributed by atoms with Gasteiger partial charge in [-0.2, -0.15) is 9.30 Å². The Morgan fingerprint density at radius 2 is 1.94 bits per heavy atom. The molecule has 0 fully saturated rings. The fourth-order valence-electron chi connectivity index (χ4n) is 3.32. The lowest BCUT2D eigenvalue weighted by Crippen LogP contribution is -2.31. The van der Waals surface area contributed by atoms with Crippen molar-refractivity contribution in [3.63, 3.8) is 0 Å². The van der Waals surface area contributed by atoms with Gasteiger partial charge in [0.15, 0.2) is 4.80 Å². The van der Waals surface area contributed by atoms with E-state index in [9.17, 15) is 17.6 Å². The monoisotopic (exact) mass is 475 g/mol. The molecule has 0 bridgehead atoms. The van der Waals surface area contributed by atoms with Crippen molar-refractivity contribution in [3.05, 3.63) is 71.3 Å². The highest BCUT2D eigenvalue weighted by Crippen LogP contribution is 2.21. The Hall–Kier alpha value is -2.62. The Labute approximate surface area is 191 Å². The Morgan fingerprint density at radius 1 is 1.22 bits per heavy atom. The largest absolute Gasteiger partial charge is 0.310 e. The molecule has 0 aliphatic heterocycles. The number of hydrogen-bond donors (Lipinski definition) is 0. The van der Waals surface area contributed by atoms with Crippen molar-refractivity contribution < 1.29 is 17.6 Å². The van der Waals surface area contributed by atoms with Crippen LogP contribution < -0.4 is 4.80 Å². The Kier molecular flexibility index (Phi) is 7.76. The number of thiazole rings is 1. The molecule has 1 heterocycles. The van der Waals surface area contributed by atoms with Crippen LogP contribution in [0.15, 0.2) is 65.0 Å². The number of halogens is 1. The van der Waals surface area contributed by atoms with E-state index >= 15 is 0 Å². The van der Waals surface area contributed by atoms with Crippen molar-refractivity contribution in [2.24, 2.45) is 4.99 Å². The van der Waals surface area contributed by atoms with Gasteiger partial charge in [-0.05, 0) is 42.8 Å². The molecule has 2 aromatic carbocycles. The van der Waals surface area contributed by atoms with E-state index in [1.807, 2.05) is 6.92 Å². The number of unbranched alkanes of at least 4 members (excludes halogenated alkanes) is 1. The summed E-state index contributed by atoms with van der Waals surface area (Å²) in [5, 5.41) is 0. The maximum absolute atomic E-state index is 14.3. The van der Waals surface area contributed by atoms with Gasteiger partial charge >= 0.3 is 0 Å². The highest BCUT2D eigenvalue weighted by Gasteiger charge is 2.22. The number of carbonyl (C=O) groups is 1. The van der Waals surface area contributed by atoms with E-state index in [2.05, 4.69) is 11.6 Å². The molecule has 0 saturated carbocycles. The zero-order valence-electron chi connectivity index (χ0n) is 18.1. The Bertz CT molecular complexity index is 1290. The van der Waals surface area contributed by atoms with Crippen LogP contribution in [-0.2, 0) is 16.6 Å². The molecule has 3 rings (SSSR count). The molecular weight excluding hydrogens is 449 g/mol. The molecule has 0 N–H and O–H groups in total. The smallest absolute Gasteiger partial charge is 0.279 e. The van der Waals surface area contributed by atoms with Gasteiger partial charge in [0.2, 0.25) is 10.0 Å². The third kappa shape index (κ3) is 4.90. The summed E-state index contributed by atoms with van der Waals surface area (Å²) in [5.41, 5.74) is 0.626. The molecule has 0 radical (unpaired) electrons. The molecule has 0 aliphatic carbocycles. The van der Waals surface area contributed by atoms with Gasteiger partial charge in [-0.1, -0.05) is 43.7 Å². The van der Waals surface area contributed by atoms with E-state index in [1.165, 1.54) is 46.0 Å². The maximum atomic E-state index is 14.3. The molecule has 3 aromatic rings. The maximum Gasteiger partial charge on any atom is 0.279 e. The minimum atomic E-state index is -3.62. The topological polar surface area (TPSA) is 71.7 Å². The predicted octanol–water partition coefficient (Wildman–Crippen LogP) is 4.58. The van der Waals surface area contributed by atoms with E-state index in [-0.39, 0.29) is 10.5 Å². The standard InChI is InChI=1S/C23H26FN3O3S2/c1-4-7-16-26(6-3)32(29,30)18-13-11-17(12-14-18)22(28)25-23-27(15-5-2)21-19(24)9-8-10-20(21)31-23/h5,8-14H,2,4,6-7,15-16H2,1,3H3. The second kappa shape index (κ2) is 10.3. The normalized spacial score (nSPS) is 12.6. The summed E-state index contributed by atoms with van der Waals surface area (Å²) < 4.78 is 43.8. The summed E-state index contributed by atoms with van der Waals surface area (Å²) >= 11 is 1.21. The number of allylic oxidation sites excluding steroid dienone is 1. The SMILES string of the molecule is C=CCn1c(=NC(=O)c2ccc(S(=O)(=O)N(CC)CCCC)cc2)sc2cccc(F)c21. The minimum absolute atomic E-state index is 0.137. The van der Waals surface area contributed by atoms with Gasteiger partial charge in [-0.15, -0.1) is 6.58 Å². The molecule has 0 saturated heterocycles. The van der Waals surface area contributed by atoms with Gasteiger partial charge in [0.25, 0.3) is 5.91 Å². The first-order valence-electron chi connectivity index (χ1n) is 10.4. The zero-order chi connectivity index (χ0) is 23.3. The van der Waals surface area contributed by atoms with Crippen LogP contribution in [-0.4, -0.2) is 36.3 Å². The predicted molar refractivity (Wildman–Crippen MR) is 126 cm³/mol. The highest BCUT2D eigenvalue weighted by molar-refractivity contribution is 7.89. The highest BCUT2D eigenvalue weighted by atomic mass is 32.2. The second-order valence-corrected chi connectivity index (χ2v) is 10.1. The number of amides is 1. The van der Waals surface area contributed by atoms with E-state index in [4.69, 9.17) is 0 Å². The fourth-order valence-corrected chi connectivity index (χ4v) is 5.86. The van der Waals surface area contributed by atoms with E-state index < -0.39 is 21.7 Å². The lowest BCUT2D eigenvalue weighted by Gasteiger charge is -2.20. The molecular formula is C23H26FN3O3S2. The van der Waals surface area contributed by atoms with Crippen molar-refractivity contribution in [2.75, 3.05) is 13.1 Å². The first-order valence-corrected chi connectivity index (χ1v) is 12.7. The zero-order valence-corrected chi connectivity index (χ0v) is 19.8. The van der Waals surface area contributed by atoms with Crippen molar-refractivity contribution in [3.8, 4) is 0 Å². The lowest BCUT2D eigenvalue weighted by atomic mass is 10.2. The molecule has 9 heteroatoms. The third-order valence-corrected chi connectivity index (χ3v) is 8.05. The Morgan fingerprint density at radius 3 is 2.56 bits per heavy atom. The summed E-state index contributed by atoms with van der Waals surface area (Å²) in [7, 11) is -3.62. The van der Waals surface area contributed by atoms with Crippen LogP contribution >= 0.6 is 11.3 Å². The molecule has 0 atom stereocenters. The van der Waals surface area contributed by atoms with Gasteiger partial charge in [0, 0.05) is 25.2 Å². The number of nitrogens with zero attached hydrogens (tertiary/aromatic N) is 3. The number of sulfonamides is 1. The number of para-hydroxylation sites is 1. The summed E-state index contributed by atoms with van der Waals surface area (Å²) in [4.78, 5) is 17.4. The quantitative estimate of drug-likeness (QED) is 0.425. The summed E-state index contributed by atoms with van der Waals surface area (Å²) in [6.07, 6.45) is 3.29. The third-order valence-electron chi connectivity index (χ3n) is 5.01. The minimum Gasteiger partial charge on any atom is -0.310 e. The van der Waals surface area contributed by atoms with Crippen LogP contribution in [0.4, 0.5) is 4.39 Å². The average molecular weight is 476 g/mol. The number of carbonyl (C=O) groups excluding carboxylic acids is 1. The molecule has 0 spiro atoms. The van der Waals surface area contributed by atoms with Crippen molar-refractivity contribution in [1.82, 2.24) is 8.87 Å². The molecule has 1 amide bonds. The molecule has 1 aromatic heterocycles. The number of rotatable bonds is 9. The number of benzene rings is 2. The van der Waals surface area contributed by atoms with Crippen molar-refractivity contribution >= 4 is 37.5 Å². The fraction of sp³-hybridized carbons (Fsp3) is 0.304. The van der Waals surface area contributed by atoms with Gasteiger partial charge in [-0.25, -0.2) is 12.8 Å². The molecule has 32 heavy (non-hydrogen) atoms. The second-order valence-electron chi connectivity index (χ2n) is 7.16. The van der Waals surface area contributed by atoms with Crippen LogP contribution in [0.2, 0.25) is 0 Å². The van der Waals surface area contributed by atoms with Crippen molar-refractivity contribution in [1.29, 1.82) is 0 Å². The van der Waals surface area contributed by atoms with E-state index in [0.717, 1.165) is 12.8 Å². The first kappa shape index (κ1) is 24.0. The van der Waals surface area contributed by atoms with Gasteiger partial charge in [0.1, 0.15) is 5.82 Å². The number of fused-ring (bicyclic) bond motifs is 1. The Balaban J connectivity index is 1.95. The van der Waals surface area contributed by atoms with Crippen LogP contribution in [0.5, 0.6) is 0 Å². The van der Waals surface area contributed by atoms with Crippen molar-refractivity contribution in [2.45, 2.75) is 38.1 Å². The van der Waals surface area contributed by atoms with Crippen LogP contribution in [0.25, 0.3) is 10.2 Å². The van der Waals surface area contributed by atoms with Gasteiger partial charge < -0.3 is 4.57 Å². The molecule has 6 nitrogen and oxygen atoms in total. The summed E-state index contributed by atoms with van der Waals surface area (Å²) in [6, 6.07) is 10.5. The number of hydrogen-bond acceptors (Lipinski definition) is 4. The average Bonchev–Trinajstić information content (AvgIpc) is 3.12. The van der Waals surface area contributed by atoms with E-state index in [1.54, 1.807) is 29.7 Å². The van der Waals surface area contributed by atoms with Crippen LogP contribution in [0.1, 0.15) is 37.0 Å². The molecule has 170 valence electrons. The van der Waals surface area contributed by atoms with Gasteiger partial charge in [0.05, 0.1) is 15.1 Å². The van der Waals surface area contributed by atoms with Gasteiger partial charge in [-0.3, -0.25) is 4.79 Å². The summed E-state index contributed by atoms with van der Waals surface area (Å²) in [5.74, 6) is -0.926. The number of aromatic nitrogens is 1. The summed E-state index contributed by atoms with van der Waals surface area (Å²) in [6.45, 7) is 8.64. The van der Waals surface area contributed by atoms with Crippen LogP contribution in [0.3, 0.4) is 0 Å². The lowest BCUT2D eigenvalue weighted by molar-refractivity contribution is 0.0997.